The summed E-state index contributed by atoms with van der Waals surface area (Å²) in [7, 11) is 1.72. The molecule has 3 nitrogen and oxygen atoms in total. The fraction of sp³-hybridized carbons (Fsp3) is 0.455. The Morgan fingerprint density at radius 2 is 1.87 bits per heavy atom. The van der Waals surface area contributed by atoms with E-state index in [9.17, 15) is 0 Å². The van der Waals surface area contributed by atoms with Crippen molar-refractivity contribution in [2.45, 2.75) is 0 Å². The number of methoxy groups -OCH3 is 1. The normalized spacial score (nSPS) is 15.7. The van der Waals surface area contributed by atoms with Gasteiger partial charge in [-0.05, 0) is 12.1 Å². The van der Waals surface area contributed by atoms with E-state index in [1.165, 1.54) is 5.69 Å². The van der Waals surface area contributed by atoms with Gasteiger partial charge in [-0.25, -0.2) is 0 Å². The molecule has 1 saturated heterocycles. The van der Waals surface area contributed by atoms with E-state index >= 15 is 0 Å². The molecular formula is C11H16ClN2O-. The number of anilines is 1. The Morgan fingerprint density at radius 3 is 2.53 bits per heavy atom. The number of nitrogens with zero attached hydrogens (tertiary/aromatic N) is 1. The van der Waals surface area contributed by atoms with Crippen molar-refractivity contribution in [2.24, 2.45) is 0 Å². The minimum atomic E-state index is 0. The maximum absolute atomic E-state index is 5.34. The molecule has 84 valence electrons. The highest BCUT2D eigenvalue weighted by atomic mass is 35.5. The largest absolute Gasteiger partial charge is 1.00 e. The molecule has 1 fully saturated rings. The minimum absolute atomic E-state index is 0. The number of hydrogen-bond acceptors (Lipinski definition) is 3. The third-order valence-electron chi connectivity index (χ3n) is 2.54. The predicted octanol–water partition coefficient (Wildman–Crippen LogP) is -1.89. The standard InChI is InChI=1S/C11H16N2O.ClH/c1-14-11-5-3-2-4-10(11)13-8-6-12-7-9-13;/h2-5,12H,6-9H2,1H3;1H/p-1. The third kappa shape index (κ3) is 2.76. The van der Waals surface area contributed by atoms with Crippen LogP contribution in [0.15, 0.2) is 24.3 Å². The molecule has 1 N–H and O–H groups in total. The molecule has 0 atom stereocenters. The Kier molecular flexibility index (Phi) is 4.72. The van der Waals surface area contributed by atoms with Gasteiger partial charge in [0.2, 0.25) is 0 Å². The Balaban J connectivity index is 0.00000112. The molecule has 0 aliphatic carbocycles. The van der Waals surface area contributed by atoms with Gasteiger partial charge in [0.15, 0.2) is 0 Å². The number of halogens is 1. The first-order valence-electron chi connectivity index (χ1n) is 5.00. The second-order valence-corrected chi connectivity index (χ2v) is 3.41. The first-order valence-corrected chi connectivity index (χ1v) is 5.00. The summed E-state index contributed by atoms with van der Waals surface area (Å²) in [6.07, 6.45) is 0. The van der Waals surface area contributed by atoms with Gasteiger partial charge in [-0.1, -0.05) is 12.1 Å². The number of nitrogens with one attached hydrogen (secondary N) is 1. The van der Waals surface area contributed by atoms with Crippen molar-refractivity contribution in [3.8, 4) is 5.75 Å². The lowest BCUT2D eigenvalue weighted by atomic mass is 10.2. The summed E-state index contributed by atoms with van der Waals surface area (Å²) in [6, 6.07) is 8.19. The zero-order chi connectivity index (χ0) is 9.80. The summed E-state index contributed by atoms with van der Waals surface area (Å²) in [5.41, 5.74) is 1.21. The van der Waals surface area contributed by atoms with E-state index in [0.717, 1.165) is 31.9 Å². The molecule has 2 rings (SSSR count). The minimum Gasteiger partial charge on any atom is -1.00 e. The molecule has 0 unspecified atom stereocenters. The van der Waals surface area contributed by atoms with Gasteiger partial charge in [0.05, 0.1) is 12.8 Å². The number of rotatable bonds is 2. The maximum atomic E-state index is 5.34. The number of ether oxygens (including phenoxy) is 1. The third-order valence-corrected chi connectivity index (χ3v) is 2.54. The van der Waals surface area contributed by atoms with Gasteiger partial charge in [0.1, 0.15) is 5.75 Å². The molecule has 0 radical (unpaired) electrons. The van der Waals surface area contributed by atoms with Crippen LogP contribution in [0.25, 0.3) is 0 Å². The molecule has 1 aliphatic rings. The molecule has 1 aromatic rings. The summed E-state index contributed by atoms with van der Waals surface area (Å²) in [6.45, 7) is 4.22. The van der Waals surface area contributed by atoms with Crippen LogP contribution in [-0.4, -0.2) is 33.3 Å². The van der Waals surface area contributed by atoms with E-state index in [-0.39, 0.29) is 12.4 Å². The van der Waals surface area contributed by atoms with Crippen molar-refractivity contribution in [3.63, 3.8) is 0 Å². The summed E-state index contributed by atoms with van der Waals surface area (Å²) >= 11 is 0. The lowest BCUT2D eigenvalue weighted by Crippen LogP contribution is -3.00. The van der Waals surface area contributed by atoms with Crippen LogP contribution in [0, 0.1) is 0 Å². The van der Waals surface area contributed by atoms with Crippen LogP contribution in [0.2, 0.25) is 0 Å². The van der Waals surface area contributed by atoms with Crippen molar-refractivity contribution >= 4 is 5.69 Å². The summed E-state index contributed by atoms with van der Waals surface area (Å²) in [5.74, 6) is 0.967. The summed E-state index contributed by atoms with van der Waals surface area (Å²) in [4.78, 5) is 2.36. The second-order valence-electron chi connectivity index (χ2n) is 3.41. The summed E-state index contributed by atoms with van der Waals surface area (Å²) < 4.78 is 5.34. The van der Waals surface area contributed by atoms with E-state index in [4.69, 9.17) is 4.74 Å². The van der Waals surface area contributed by atoms with Crippen molar-refractivity contribution in [1.29, 1.82) is 0 Å². The molecular weight excluding hydrogens is 212 g/mol. The summed E-state index contributed by atoms with van der Waals surface area (Å²) in [5, 5.41) is 3.34. The predicted molar refractivity (Wildman–Crippen MR) is 58.1 cm³/mol. The Hall–Kier alpha value is -0.930. The average Bonchev–Trinajstić information content (AvgIpc) is 2.30. The monoisotopic (exact) mass is 227 g/mol. The van der Waals surface area contributed by atoms with Crippen LogP contribution in [0.4, 0.5) is 5.69 Å². The molecule has 0 bridgehead atoms. The van der Waals surface area contributed by atoms with Crippen molar-refractivity contribution in [3.05, 3.63) is 24.3 Å². The van der Waals surface area contributed by atoms with E-state index < -0.39 is 0 Å². The van der Waals surface area contributed by atoms with Crippen molar-refractivity contribution < 1.29 is 17.1 Å². The van der Waals surface area contributed by atoms with Crippen LogP contribution in [0.5, 0.6) is 5.75 Å². The van der Waals surface area contributed by atoms with Crippen LogP contribution >= 0.6 is 0 Å². The molecule has 1 aliphatic heterocycles. The van der Waals surface area contributed by atoms with Gasteiger partial charge >= 0.3 is 0 Å². The lowest BCUT2D eigenvalue weighted by Gasteiger charge is -2.30. The number of benzene rings is 1. The van der Waals surface area contributed by atoms with E-state index in [0.29, 0.717) is 0 Å². The molecule has 4 heteroatoms. The van der Waals surface area contributed by atoms with Gasteiger partial charge < -0.3 is 27.4 Å². The fourth-order valence-electron chi connectivity index (χ4n) is 1.80. The van der Waals surface area contributed by atoms with Crippen LogP contribution in [0.1, 0.15) is 0 Å². The second kappa shape index (κ2) is 5.83. The van der Waals surface area contributed by atoms with Crippen LogP contribution in [0.3, 0.4) is 0 Å². The Bertz CT molecular complexity index is 300. The van der Waals surface area contributed by atoms with Crippen LogP contribution in [-0.2, 0) is 0 Å². The first-order chi connectivity index (χ1) is 6.92. The van der Waals surface area contributed by atoms with Gasteiger partial charge in [-0.3, -0.25) is 0 Å². The van der Waals surface area contributed by atoms with Gasteiger partial charge in [-0.15, -0.1) is 0 Å². The quantitative estimate of drug-likeness (QED) is 0.640. The zero-order valence-corrected chi connectivity index (χ0v) is 9.63. The molecule has 1 heterocycles. The lowest BCUT2D eigenvalue weighted by molar-refractivity contribution is -0.00000315. The highest BCUT2D eigenvalue weighted by Crippen LogP contribution is 2.27. The van der Waals surface area contributed by atoms with Crippen molar-refractivity contribution in [2.75, 3.05) is 38.2 Å². The SMILES string of the molecule is COc1ccccc1N1CCNCC1.[Cl-]. The molecule has 0 saturated carbocycles. The molecule has 15 heavy (non-hydrogen) atoms. The van der Waals surface area contributed by atoms with E-state index in [1.54, 1.807) is 7.11 Å². The molecule has 1 aromatic carbocycles. The van der Waals surface area contributed by atoms with E-state index in [2.05, 4.69) is 22.3 Å². The first kappa shape index (κ1) is 12.1. The Labute approximate surface area is 96.8 Å². The molecule has 0 aromatic heterocycles. The smallest absolute Gasteiger partial charge is 0.142 e. The average molecular weight is 228 g/mol. The van der Waals surface area contributed by atoms with E-state index in [1.807, 2.05) is 12.1 Å². The van der Waals surface area contributed by atoms with Crippen molar-refractivity contribution in [1.82, 2.24) is 5.32 Å². The van der Waals surface area contributed by atoms with Gasteiger partial charge in [0.25, 0.3) is 0 Å². The zero-order valence-electron chi connectivity index (χ0n) is 8.87. The fourth-order valence-corrected chi connectivity index (χ4v) is 1.80. The van der Waals surface area contributed by atoms with Gasteiger partial charge in [-0.2, -0.15) is 0 Å². The molecule has 0 amide bonds. The molecule has 0 spiro atoms. The number of para-hydroxylation sites is 2. The maximum Gasteiger partial charge on any atom is 0.142 e. The highest BCUT2D eigenvalue weighted by molar-refractivity contribution is 5.58. The Morgan fingerprint density at radius 1 is 1.20 bits per heavy atom. The number of hydrogen-bond donors (Lipinski definition) is 1. The highest BCUT2D eigenvalue weighted by Gasteiger charge is 2.13. The number of piperazine rings is 1. The van der Waals surface area contributed by atoms with Gasteiger partial charge in [0, 0.05) is 26.2 Å². The topological polar surface area (TPSA) is 24.5 Å². The van der Waals surface area contributed by atoms with Crippen LogP contribution < -0.4 is 27.4 Å².